The van der Waals surface area contributed by atoms with E-state index in [1.807, 2.05) is 20.9 Å². The molecule has 9 heteroatoms. The van der Waals surface area contributed by atoms with Crippen LogP contribution in [0, 0.1) is 17.8 Å². The van der Waals surface area contributed by atoms with Crippen LogP contribution in [-0.2, 0) is 6.54 Å². The predicted octanol–water partition coefficient (Wildman–Crippen LogP) is 1.88. The van der Waals surface area contributed by atoms with Crippen LogP contribution in [0.4, 0.5) is 0 Å². The van der Waals surface area contributed by atoms with E-state index in [1.165, 1.54) is 6.33 Å². The van der Waals surface area contributed by atoms with Crippen molar-refractivity contribution in [1.82, 2.24) is 24.8 Å². The van der Waals surface area contributed by atoms with Crippen LogP contribution in [0.3, 0.4) is 0 Å². The maximum Gasteiger partial charge on any atom is 0.259 e. The van der Waals surface area contributed by atoms with E-state index in [0.29, 0.717) is 43.6 Å². The minimum Gasteiger partial charge on any atom is -0.472 e. The van der Waals surface area contributed by atoms with Gasteiger partial charge in [-0.2, -0.15) is 0 Å². The minimum atomic E-state index is -0.975. The molecule has 3 heterocycles. The molecule has 2 aliphatic rings. The number of aliphatic hydroxyl groups is 2. The fraction of sp³-hybridized carbons (Fsp3) is 0.556. The quantitative estimate of drug-likeness (QED) is 0.587. The van der Waals surface area contributed by atoms with Gasteiger partial charge in [0, 0.05) is 55.3 Å². The van der Waals surface area contributed by atoms with E-state index in [9.17, 15) is 15.0 Å². The van der Waals surface area contributed by atoms with Crippen molar-refractivity contribution in [2.24, 2.45) is 5.92 Å². The van der Waals surface area contributed by atoms with Gasteiger partial charge in [0.1, 0.15) is 23.6 Å². The van der Waals surface area contributed by atoms with Crippen molar-refractivity contribution in [1.29, 1.82) is 0 Å². The molecular weight excluding hydrogens is 458 g/mol. The Morgan fingerprint density at radius 2 is 2.00 bits per heavy atom. The normalized spacial score (nSPS) is 22.2. The number of rotatable bonds is 6. The molecule has 3 atom stereocenters. The van der Waals surface area contributed by atoms with Gasteiger partial charge >= 0.3 is 0 Å². The second-order valence-electron chi connectivity index (χ2n) is 10.1. The Labute approximate surface area is 212 Å². The lowest BCUT2D eigenvalue weighted by Gasteiger charge is -2.37. The number of fused-ring (bicyclic) bond motifs is 1. The van der Waals surface area contributed by atoms with Crippen LogP contribution in [0.15, 0.2) is 31.0 Å². The SMILES string of the molecule is C[C@@H]1CN([C@@H](C)CO)C(=O)c2cc(C#CC3(O)CCCC3)cnc2O[C@@H]1CN(C)Cc1cncnc1. The minimum absolute atomic E-state index is 0.0107. The largest absolute Gasteiger partial charge is 0.472 e. The van der Waals surface area contributed by atoms with Gasteiger partial charge in [-0.3, -0.25) is 9.69 Å². The summed E-state index contributed by atoms with van der Waals surface area (Å²) in [7, 11) is 2.00. The number of aliphatic hydroxyl groups excluding tert-OH is 1. The topological polar surface area (TPSA) is 112 Å². The lowest BCUT2D eigenvalue weighted by atomic mass is 9.99. The molecule has 1 aliphatic heterocycles. The summed E-state index contributed by atoms with van der Waals surface area (Å²) in [6.45, 7) is 5.41. The molecule has 1 aliphatic carbocycles. The Kier molecular flexibility index (Phi) is 8.19. The third kappa shape index (κ3) is 6.19. The lowest BCUT2D eigenvalue weighted by molar-refractivity contribution is 0.0325. The van der Waals surface area contributed by atoms with E-state index in [2.05, 4.69) is 31.7 Å². The summed E-state index contributed by atoms with van der Waals surface area (Å²) in [6.07, 6.45) is 9.66. The zero-order valence-electron chi connectivity index (χ0n) is 21.2. The molecule has 9 nitrogen and oxygen atoms in total. The van der Waals surface area contributed by atoms with Gasteiger partial charge in [-0.15, -0.1) is 0 Å². The summed E-state index contributed by atoms with van der Waals surface area (Å²) in [5.74, 6) is 5.99. The Morgan fingerprint density at radius 1 is 1.28 bits per heavy atom. The standard InChI is InChI=1S/C27H35N5O4/c1-19-14-32(20(2)17-33)26(34)23-10-21(6-9-27(35)7-4-5-8-27)13-30-25(23)36-24(19)16-31(3)15-22-11-28-18-29-12-22/h10-13,18-20,24,33,35H,4-5,7-8,14-17H2,1-3H3/t19-,20+,24-/m1/s1. The molecule has 1 amide bonds. The fourth-order valence-electron chi connectivity index (χ4n) is 4.76. The molecule has 36 heavy (non-hydrogen) atoms. The first-order valence-electron chi connectivity index (χ1n) is 12.5. The number of hydrogen-bond donors (Lipinski definition) is 2. The van der Waals surface area contributed by atoms with E-state index >= 15 is 0 Å². The first kappa shape index (κ1) is 26.0. The van der Waals surface area contributed by atoms with E-state index < -0.39 is 5.60 Å². The summed E-state index contributed by atoms with van der Waals surface area (Å²) < 4.78 is 6.35. The molecule has 0 aromatic carbocycles. The number of ether oxygens (including phenoxy) is 1. The molecule has 1 fully saturated rings. The van der Waals surface area contributed by atoms with Crippen LogP contribution >= 0.6 is 0 Å². The molecule has 4 rings (SSSR count). The van der Waals surface area contributed by atoms with Gasteiger partial charge in [0.05, 0.1) is 12.6 Å². The highest BCUT2D eigenvalue weighted by Crippen LogP contribution is 2.30. The van der Waals surface area contributed by atoms with Crippen LogP contribution < -0.4 is 4.74 Å². The van der Waals surface area contributed by atoms with Gasteiger partial charge < -0.3 is 19.8 Å². The maximum atomic E-state index is 13.6. The summed E-state index contributed by atoms with van der Waals surface area (Å²) in [5.41, 5.74) is 0.886. The Hall–Kier alpha value is -3.06. The average Bonchev–Trinajstić information content (AvgIpc) is 3.31. The number of pyridine rings is 1. The fourth-order valence-corrected chi connectivity index (χ4v) is 4.76. The van der Waals surface area contributed by atoms with Crippen LogP contribution in [0.5, 0.6) is 5.88 Å². The lowest BCUT2D eigenvalue weighted by Crippen LogP contribution is -2.49. The number of likely N-dealkylation sites (N-methyl/N-ethyl adjacent to an activating group) is 1. The molecule has 0 bridgehead atoms. The number of carbonyl (C=O) groups excluding carboxylic acids is 1. The zero-order valence-corrected chi connectivity index (χ0v) is 21.2. The number of nitrogens with zero attached hydrogens (tertiary/aromatic N) is 5. The van der Waals surface area contributed by atoms with Crippen LogP contribution in [0.25, 0.3) is 0 Å². The summed E-state index contributed by atoms with van der Waals surface area (Å²) in [5, 5.41) is 20.4. The van der Waals surface area contributed by atoms with Crippen LogP contribution in [0.1, 0.15) is 61.0 Å². The third-order valence-electron chi connectivity index (χ3n) is 6.95. The highest BCUT2D eigenvalue weighted by atomic mass is 16.5. The van der Waals surface area contributed by atoms with Gasteiger partial charge in [0.25, 0.3) is 5.91 Å². The van der Waals surface area contributed by atoms with Crippen LogP contribution in [-0.4, -0.2) is 85.4 Å². The molecule has 0 radical (unpaired) electrons. The van der Waals surface area contributed by atoms with Crippen molar-refractivity contribution in [3.05, 3.63) is 47.7 Å². The van der Waals surface area contributed by atoms with Crippen molar-refractivity contribution >= 4 is 5.91 Å². The van der Waals surface area contributed by atoms with Crippen LogP contribution in [0.2, 0.25) is 0 Å². The smallest absolute Gasteiger partial charge is 0.259 e. The highest BCUT2D eigenvalue weighted by molar-refractivity contribution is 5.97. The summed E-state index contributed by atoms with van der Waals surface area (Å²) in [6, 6.07) is 1.32. The second kappa shape index (κ2) is 11.3. The highest BCUT2D eigenvalue weighted by Gasteiger charge is 2.34. The molecule has 0 saturated heterocycles. The van der Waals surface area contributed by atoms with Crippen molar-refractivity contribution in [2.75, 3.05) is 26.7 Å². The molecule has 0 unspecified atom stereocenters. The first-order valence-corrected chi connectivity index (χ1v) is 12.5. The summed E-state index contributed by atoms with van der Waals surface area (Å²) in [4.78, 5) is 30.0. The monoisotopic (exact) mass is 493 g/mol. The van der Waals surface area contributed by atoms with Gasteiger partial charge in [0.2, 0.25) is 5.88 Å². The number of amides is 1. The van der Waals surface area contributed by atoms with Gasteiger partial charge in [-0.25, -0.2) is 15.0 Å². The Bertz CT molecular complexity index is 1110. The van der Waals surface area contributed by atoms with Gasteiger partial charge in [-0.1, -0.05) is 18.8 Å². The van der Waals surface area contributed by atoms with E-state index in [0.717, 1.165) is 18.4 Å². The number of hydrogen-bond acceptors (Lipinski definition) is 8. The van der Waals surface area contributed by atoms with Crippen molar-refractivity contribution < 1.29 is 19.7 Å². The van der Waals surface area contributed by atoms with Crippen molar-refractivity contribution in [3.8, 4) is 17.7 Å². The second-order valence-corrected chi connectivity index (χ2v) is 10.1. The van der Waals surface area contributed by atoms with E-state index in [1.54, 1.807) is 29.6 Å². The predicted molar refractivity (Wildman–Crippen MR) is 134 cm³/mol. The number of aromatic nitrogens is 3. The van der Waals surface area contributed by atoms with E-state index in [4.69, 9.17) is 4.74 Å². The molecule has 0 spiro atoms. The first-order chi connectivity index (χ1) is 17.3. The molecule has 1 saturated carbocycles. The molecule has 2 N–H and O–H groups in total. The third-order valence-corrected chi connectivity index (χ3v) is 6.95. The Balaban J connectivity index is 1.61. The van der Waals surface area contributed by atoms with Gasteiger partial charge in [-0.05, 0) is 45.7 Å². The maximum absolute atomic E-state index is 13.6. The average molecular weight is 494 g/mol. The van der Waals surface area contributed by atoms with Gasteiger partial charge in [0.15, 0.2) is 0 Å². The molecular formula is C27H35N5O4. The summed E-state index contributed by atoms with van der Waals surface area (Å²) >= 11 is 0. The van der Waals surface area contributed by atoms with Crippen molar-refractivity contribution in [3.63, 3.8) is 0 Å². The number of carbonyl (C=O) groups is 1. The zero-order chi connectivity index (χ0) is 25.7. The van der Waals surface area contributed by atoms with Crippen molar-refractivity contribution in [2.45, 2.75) is 63.8 Å². The molecule has 192 valence electrons. The molecule has 2 aromatic rings. The Morgan fingerprint density at radius 3 is 2.69 bits per heavy atom. The molecule has 2 aromatic heterocycles. The van der Waals surface area contributed by atoms with E-state index in [-0.39, 0.29) is 36.5 Å².